The fraction of sp³-hybridized carbons (Fsp3) is 0.409. The zero-order valence-corrected chi connectivity index (χ0v) is 16.4. The summed E-state index contributed by atoms with van der Waals surface area (Å²) in [7, 11) is 0. The first-order chi connectivity index (χ1) is 12.4. The third-order valence-corrected chi connectivity index (χ3v) is 4.20. The van der Waals surface area contributed by atoms with Crippen molar-refractivity contribution in [2.24, 2.45) is 0 Å². The van der Waals surface area contributed by atoms with Gasteiger partial charge in [0.2, 0.25) is 0 Å². The Morgan fingerprint density at radius 1 is 1.04 bits per heavy atom. The van der Waals surface area contributed by atoms with Crippen molar-refractivity contribution in [1.82, 2.24) is 5.32 Å². The minimum Gasteiger partial charge on any atom is -0.493 e. The summed E-state index contributed by atoms with van der Waals surface area (Å²) in [6, 6.07) is 11.8. The number of nitrogens with one attached hydrogen (secondary N) is 1. The van der Waals surface area contributed by atoms with Gasteiger partial charge in [-0.25, -0.2) is 0 Å². The zero-order valence-electron chi connectivity index (χ0n) is 16.4. The molecule has 0 unspecified atom stereocenters. The fourth-order valence-electron chi connectivity index (χ4n) is 2.72. The van der Waals surface area contributed by atoms with Gasteiger partial charge in [-0.15, -0.1) is 0 Å². The van der Waals surface area contributed by atoms with Crippen LogP contribution in [0.5, 0.6) is 11.5 Å². The minimum atomic E-state index is -0.0740. The van der Waals surface area contributed by atoms with Crippen molar-refractivity contribution in [1.29, 1.82) is 0 Å². The van der Waals surface area contributed by atoms with Crippen LogP contribution in [0.25, 0.3) is 0 Å². The maximum Gasteiger partial charge on any atom is 0.251 e. The number of aryl methyl sites for hydroxylation is 2. The van der Waals surface area contributed by atoms with Crippen molar-refractivity contribution in [3.63, 3.8) is 0 Å². The van der Waals surface area contributed by atoms with Crippen LogP contribution in [0.3, 0.4) is 0 Å². The van der Waals surface area contributed by atoms with Crippen LogP contribution in [0.1, 0.15) is 54.2 Å². The molecule has 2 aromatic rings. The first-order valence-corrected chi connectivity index (χ1v) is 9.20. The Morgan fingerprint density at radius 2 is 1.73 bits per heavy atom. The number of hydrogen-bond acceptors (Lipinski definition) is 3. The van der Waals surface area contributed by atoms with E-state index >= 15 is 0 Å². The van der Waals surface area contributed by atoms with Gasteiger partial charge >= 0.3 is 0 Å². The van der Waals surface area contributed by atoms with E-state index in [1.807, 2.05) is 58.9 Å². The van der Waals surface area contributed by atoms with Gasteiger partial charge in [-0.2, -0.15) is 0 Å². The van der Waals surface area contributed by atoms with Crippen molar-refractivity contribution in [2.45, 2.75) is 53.7 Å². The summed E-state index contributed by atoms with van der Waals surface area (Å²) < 4.78 is 11.7. The van der Waals surface area contributed by atoms with Gasteiger partial charge in [0.25, 0.3) is 5.91 Å². The van der Waals surface area contributed by atoms with Crippen LogP contribution in [0.2, 0.25) is 0 Å². The van der Waals surface area contributed by atoms with Crippen LogP contribution in [-0.4, -0.2) is 18.6 Å². The van der Waals surface area contributed by atoms with Gasteiger partial charge in [0.05, 0.1) is 6.61 Å². The molecule has 0 saturated heterocycles. The molecule has 0 saturated carbocycles. The molecule has 1 N–H and O–H groups in total. The molecule has 1 atom stereocenters. The molecule has 0 aliphatic heterocycles. The molecule has 2 rings (SSSR count). The smallest absolute Gasteiger partial charge is 0.251 e. The average Bonchev–Trinajstić information content (AvgIpc) is 2.60. The van der Waals surface area contributed by atoms with E-state index in [2.05, 4.69) is 11.4 Å². The second-order valence-electron chi connectivity index (χ2n) is 6.65. The predicted molar refractivity (Wildman–Crippen MR) is 105 cm³/mol. The van der Waals surface area contributed by atoms with Crippen molar-refractivity contribution in [3.8, 4) is 11.5 Å². The summed E-state index contributed by atoms with van der Waals surface area (Å²) in [6.07, 6.45) is 0.894. The summed E-state index contributed by atoms with van der Waals surface area (Å²) in [5.74, 6) is 1.49. The fourth-order valence-corrected chi connectivity index (χ4v) is 2.72. The van der Waals surface area contributed by atoms with E-state index in [1.165, 1.54) is 0 Å². The lowest BCUT2D eigenvalue weighted by Gasteiger charge is -2.15. The molecule has 1 amide bonds. The number of carbonyl (C=O) groups is 1. The van der Waals surface area contributed by atoms with E-state index in [-0.39, 0.29) is 11.9 Å². The lowest BCUT2D eigenvalue weighted by Crippen LogP contribution is -2.32. The van der Waals surface area contributed by atoms with Crippen molar-refractivity contribution in [3.05, 3.63) is 58.7 Å². The van der Waals surface area contributed by atoms with Crippen molar-refractivity contribution in [2.75, 3.05) is 6.61 Å². The Balaban J connectivity index is 2.20. The van der Waals surface area contributed by atoms with Crippen LogP contribution < -0.4 is 14.8 Å². The lowest BCUT2D eigenvalue weighted by atomic mass is 10.1. The van der Waals surface area contributed by atoms with E-state index < -0.39 is 0 Å². The Kier molecular flexibility index (Phi) is 7.07. The second-order valence-corrected chi connectivity index (χ2v) is 6.65. The van der Waals surface area contributed by atoms with Crippen LogP contribution in [0, 0.1) is 13.8 Å². The van der Waals surface area contributed by atoms with E-state index in [9.17, 15) is 4.79 Å². The number of hydrogen-bond donors (Lipinski definition) is 1. The molecule has 0 aliphatic carbocycles. The predicted octanol–water partition coefficient (Wildman–Crippen LogP) is 4.81. The van der Waals surface area contributed by atoms with Gasteiger partial charge in [0.15, 0.2) is 0 Å². The molecule has 0 radical (unpaired) electrons. The highest BCUT2D eigenvalue weighted by molar-refractivity contribution is 5.94. The van der Waals surface area contributed by atoms with Crippen molar-refractivity contribution >= 4 is 5.91 Å². The molecule has 0 heterocycles. The Labute approximate surface area is 156 Å². The highest BCUT2D eigenvalue weighted by Gasteiger charge is 2.13. The zero-order chi connectivity index (χ0) is 19.1. The van der Waals surface area contributed by atoms with Crippen LogP contribution >= 0.6 is 0 Å². The van der Waals surface area contributed by atoms with E-state index in [0.717, 1.165) is 34.6 Å². The van der Waals surface area contributed by atoms with Crippen molar-refractivity contribution < 1.29 is 14.3 Å². The van der Waals surface area contributed by atoms with Crippen LogP contribution in [-0.2, 0) is 6.61 Å². The van der Waals surface area contributed by atoms with Gasteiger partial charge in [-0.05, 0) is 75.6 Å². The molecule has 0 aromatic heterocycles. The highest BCUT2D eigenvalue weighted by atomic mass is 16.5. The quantitative estimate of drug-likeness (QED) is 0.739. The maximum atomic E-state index is 12.4. The summed E-state index contributed by atoms with van der Waals surface area (Å²) in [5, 5.41) is 2.99. The largest absolute Gasteiger partial charge is 0.493 e. The number of rotatable bonds is 8. The first kappa shape index (κ1) is 19.8. The summed E-state index contributed by atoms with van der Waals surface area (Å²) in [5.41, 5.74) is 3.80. The molecule has 4 nitrogen and oxygen atoms in total. The average molecular weight is 355 g/mol. The molecule has 4 heteroatoms. The molecular formula is C22H29NO3. The van der Waals surface area contributed by atoms with Crippen LogP contribution in [0.15, 0.2) is 36.4 Å². The summed E-state index contributed by atoms with van der Waals surface area (Å²) >= 11 is 0. The van der Waals surface area contributed by atoms with Gasteiger partial charge in [-0.1, -0.05) is 13.0 Å². The molecular weight excluding hydrogens is 326 g/mol. The summed E-state index contributed by atoms with van der Waals surface area (Å²) in [6.45, 7) is 11.0. The van der Waals surface area contributed by atoms with E-state index in [1.54, 1.807) is 6.07 Å². The maximum absolute atomic E-state index is 12.4. The first-order valence-electron chi connectivity index (χ1n) is 9.20. The number of amides is 1. The molecule has 0 bridgehead atoms. The molecule has 26 heavy (non-hydrogen) atoms. The molecule has 140 valence electrons. The lowest BCUT2D eigenvalue weighted by molar-refractivity contribution is 0.0939. The second kappa shape index (κ2) is 9.27. The van der Waals surface area contributed by atoms with Crippen LogP contribution in [0.4, 0.5) is 0 Å². The number of ether oxygens (including phenoxy) is 2. The molecule has 0 fully saturated rings. The van der Waals surface area contributed by atoms with E-state index in [0.29, 0.717) is 18.8 Å². The third-order valence-electron chi connectivity index (χ3n) is 4.20. The monoisotopic (exact) mass is 355 g/mol. The minimum absolute atomic E-state index is 0.0740. The Morgan fingerprint density at radius 3 is 2.35 bits per heavy atom. The SMILES string of the molecule is CCOc1ccc(C(=O)N[C@H](C)CC)cc1COc1cc(C)cc(C)c1. The molecule has 2 aromatic carbocycles. The Bertz CT molecular complexity index is 735. The van der Waals surface area contributed by atoms with Gasteiger partial charge < -0.3 is 14.8 Å². The third kappa shape index (κ3) is 5.51. The van der Waals surface area contributed by atoms with Gasteiger partial charge in [0.1, 0.15) is 18.1 Å². The van der Waals surface area contributed by atoms with Gasteiger partial charge in [0, 0.05) is 17.2 Å². The highest BCUT2D eigenvalue weighted by Crippen LogP contribution is 2.24. The number of benzene rings is 2. The number of carbonyl (C=O) groups excluding carboxylic acids is 1. The standard InChI is InChI=1S/C22H29NO3/c1-6-17(5)23-22(24)18-8-9-21(25-7-2)19(13-18)14-26-20-11-15(3)10-16(4)12-20/h8-13,17H,6-7,14H2,1-5H3,(H,23,24)/t17-/m1/s1. The Hall–Kier alpha value is -2.49. The normalized spacial score (nSPS) is 11.7. The summed E-state index contributed by atoms with van der Waals surface area (Å²) in [4.78, 5) is 12.4. The molecule has 0 aliphatic rings. The van der Waals surface area contributed by atoms with Gasteiger partial charge in [-0.3, -0.25) is 4.79 Å². The van der Waals surface area contributed by atoms with E-state index in [4.69, 9.17) is 9.47 Å². The molecule has 0 spiro atoms. The topological polar surface area (TPSA) is 47.6 Å².